The van der Waals surface area contributed by atoms with Crippen molar-refractivity contribution in [3.8, 4) is 16.9 Å². The normalized spacial score (nSPS) is 13.4. The molecule has 4 aromatic rings. The fraction of sp³-hybridized carbons (Fsp3) is 0.362. The first-order valence-electron chi connectivity index (χ1n) is 20.4. The highest BCUT2D eigenvalue weighted by molar-refractivity contribution is 5.93. The second-order valence-electron chi connectivity index (χ2n) is 16.4. The first-order chi connectivity index (χ1) is 29.1. The topological polar surface area (TPSA) is 201 Å². The molecule has 3 atom stereocenters. The molecule has 0 fully saturated rings. The minimum Gasteiger partial charge on any atom is -0.488 e. The largest absolute Gasteiger partial charge is 0.488 e. The standard InChI is InChI=1S/C47H55N5O9/c1-29(2)23-40(45(57)58)51-44(56)39(24-30-13-7-6-8-14-30)50-42(54)27-48-41(53)26-49-43(55)38(25-31-19-21-32(22-20-31)61-47(3,4)5)52-46(59)60-28-37-35-17-11-9-15-33(35)34-16-10-12-18-36(34)37/h6-22,29,37-40H,23-28H2,1-5H3,(H,48,53)(H,49,55)(H,50,54)(H,51,56)(H,52,59)(H,57,58)/t38-,39-,40-/m0/s1. The van der Waals surface area contributed by atoms with Gasteiger partial charge >= 0.3 is 12.1 Å². The Morgan fingerprint density at radius 2 is 1.16 bits per heavy atom. The highest BCUT2D eigenvalue weighted by Gasteiger charge is 2.31. The zero-order valence-electron chi connectivity index (χ0n) is 35.2. The number of hydrogen-bond donors (Lipinski definition) is 6. The van der Waals surface area contributed by atoms with E-state index in [1.807, 2.05) is 83.1 Å². The van der Waals surface area contributed by atoms with Crippen LogP contribution in [0, 0.1) is 5.92 Å². The maximum Gasteiger partial charge on any atom is 0.407 e. The first-order valence-corrected chi connectivity index (χ1v) is 20.4. The van der Waals surface area contributed by atoms with Crippen LogP contribution >= 0.6 is 0 Å². The van der Waals surface area contributed by atoms with Crippen molar-refractivity contribution in [3.63, 3.8) is 0 Å². The van der Waals surface area contributed by atoms with E-state index < -0.39 is 72.5 Å². The third kappa shape index (κ3) is 13.7. The summed E-state index contributed by atoms with van der Waals surface area (Å²) in [7, 11) is 0. The van der Waals surface area contributed by atoms with Crippen molar-refractivity contribution in [2.45, 2.75) is 83.5 Å². The number of fused-ring (bicyclic) bond motifs is 3. The Bertz CT molecular complexity index is 2120. The number of amides is 5. The van der Waals surface area contributed by atoms with Crippen LogP contribution < -0.4 is 31.3 Å². The Balaban J connectivity index is 1.19. The number of alkyl carbamates (subject to hydrolysis) is 1. The zero-order valence-corrected chi connectivity index (χ0v) is 35.2. The number of ether oxygens (including phenoxy) is 2. The molecule has 5 rings (SSSR count). The molecule has 0 spiro atoms. The summed E-state index contributed by atoms with van der Waals surface area (Å²) in [5, 5.41) is 22.4. The third-order valence-corrected chi connectivity index (χ3v) is 9.86. The van der Waals surface area contributed by atoms with Gasteiger partial charge in [0.05, 0.1) is 13.1 Å². The maximum absolute atomic E-state index is 13.6. The second kappa shape index (κ2) is 21.0. The van der Waals surface area contributed by atoms with Crippen molar-refractivity contribution in [2.24, 2.45) is 5.92 Å². The number of nitrogens with one attached hydrogen (secondary N) is 5. The Hall–Kier alpha value is -6.70. The Morgan fingerprint density at radius 3 is 1.74 bits per heavy atom. The van der Waals surface area contributed by atoms with E-state index in [1.165, 1.54) is 0 Å². The molecule has 322 valence electrons. The van der Waals surface area contributed by atoms with Crippen molar-refractivity contribution in [1.82, 2.24) is 26.6 Å². The van der Waals surface area contributed by atoms with Gasteiger partial charge in [-0.2, -0.15) is 0 Å². The SMILES string of the molecule is CC(C)C[C@H](NC(=O)[C@H](Cc1ccccc1)NC(=O)CNC(=O)CNC(=O)[C@H](Cc1ccc(OC(C)(C)C)cc1)NC(=O)OCC1c2ccccc2-c2ccccc21)C(=O)O. The molecule has 0 aliphatic heterocycles. The summed E-state index contributed by atoms with van der Waals surface area (Å²) in [6.45, 7) is 8.41. The van der Waals surface area contributed by atoms with E-state index in [4.69, 9.17) is 9.47 Å². The van der Waals surface area contributed by atoms with E-state index >= 15 is 0 Å². The molecule has 0 radical (unpaired) electrons. The average molecular weight is 834 g/mol. The molecule has 4 aromatic carbocycles. The fourth-order valence-corrected chi connectivity index (χ4v) is 7.08. The molecular weight excluding hydrogens is 779 g/mol. The smallest absolute Gasteiger partial charge is 0.407 e. The molecule has 6 N–H and O–H groups in total. The van der Waals surface area contributed by atoms with Gasteiger partial charge in [-0.1, -0.05) is 105 Å². The Kier molecular flexibility index (Phi) is 15.6. The van der Waals surface area contributed by atoms with Crippen LogP contribution in [0.3, 0.4) is 0 Å². The molecule has 0 heterocycles. The summed E-state index contributed by atoms with van der Waals surface area (Å²) >= 11 is 0. The lowest BCUT2D eigenvalue weighted by molar-refractivity contribution is -0.142. The minimum atomic E-state index is -1.19. The summed E-state index contributed by atoms with van der Waals surface area (Å²) in [6.07, 6.45) is -0.499. The van der Waals surface area contributed by atoms with Crippen LogP contribution in [0.1, 0.15) is 69.2 Å². The van der Waals surface area contributed by atoms with E-state index in [-0.39, 0.29) is 37.7 Å². The summed E-state index contributed by atoms with van der Waals surface area (Å²) < 4.78 is 11.6. The highest BCUT2D eigenvalue weighted by atomic mass is 16.5. The summed E-state index contributed by atoms with van der Waals surface area (Å²) in [4.78, 5) is 78.0. The van der Waals surface area contributed by atoms with Gasteiger partial charge in [0.2, 0.25) is 23.6 Å². The molecule has 5 amide bonds. The zero-order chi connectivity index (χ0) is 44.1. The van der Waals surface area contributed by atoms with E-state index in [1.54, 1.807) is 54.6 Å². The van der Waals surface area contributed by atoms with Gasteiger partial charge in [-0.15, -0.1) is 0 Å². The molecule has 61 heavy (non-hydrogen) atoms. The second-order valence-corrected chi connectivity index (χ2v) is 16.4. The quantitative estimate of drug-likeness (QED) is 0.0761. The number of carboxylic acid groups (broad SMARTS) is 1. The molecule has 0 bridgehead atoms. The number of rotatable bonds is 19. The average Bonchev–Trinajstić information content (AvgIpc) is 3.54. The minimum absolute atomic E-state index is 0.0155. The van der Waals surface area contributed by atoms with Gasteiger partial charge in [0.1, 0.15) is 36.1 Å². The molecule has 0 unspecified atom stereocenters. The number of aliphatic carboxylic acids is 1. The molecule has 14 nitrogen and oxygen atoms in total. The Morgan fingerprint density at radius 1 is 0.623 bits per heavy atom. The van der Waals surface area contributed by atoms with Gasteiger partial charge in [-0.25, -0.2) is 9.59 Å². The van der Waals surface area contributed by atoms with Crippen LogP contribution in [-0.2, 0) is 41.6 Å². The predicted molar refractivity (Wildman–Crippen MR) is 230 cm³/mol. The molecule has 0 saturated carbocycles. The lowest BCUT2D eigenvalue weighted by Crippen LogP contribution is -2.54. The highest BCUT2D eigenvalue weighted by Crippen LogP contribution is 2.44. The van der Waals surface area contributed by atoms with Gasteiger partial charge in [-0.05, 0) is 78.6 Å². The molecule has 0 aromatic heterocycles. The lowest BCUT2D eigenvalue weighted by atomic mass is 9.98. The number of carbonyl (C=O) groups excluding carboxylic acids is 5. The molecule has 0 saturated heterocycles. The van der Waals surface area contributed by atoms with Crippen molar-refractivity contribution in [1.29, 1.82) is 0 Å². The van der Waals surface area contributed by atoms with Crippen molar-refractivity contribution >= 4 is 35.7 Å². The van der Waals surface area contributed by atoms with Crippen molar-refractivity contribution in [2.75, 3.05) is 19.7 Å². The van der Waals surface area contributed by atoms with Crippen molar-refractivity contribution in [3.05, 3.63) is 125 Å². The summed E-state index contributed by atoms with van der Waals surface area (Å²) in [6, 6.07) is 28.4. The van der Waals surface area contributed by atoms with Gasteiger partial charge in [-0.3, -0.25) is 19.2 Å². The van der Waals surface area contributed by atoms with Gasteiger partial charge in [0.15, 0.2) is 0 Å². The van der Waals surface area contributed by atoms with Gasteiger partial charge < -0.3 is 41.2 Å². The van der Waals surface area contributed by atoms with Crippen LogP contribution in [0.4, 0.5) is 4.79 Å². The lowest BCUT2D eigenvalue weighted by Gasteiger charge is -2.23. The van der Waals surface area contributed by atoms with Crippen LogP contribution in [-0.4, -0.2) is 84.2 Å². The van der Waals surface area contributed by atoms with E-state index in [0.29, 0.717) is 11.3 Å². The molecule has 1 aliphatic carbocycles. The molecule has 1 aliphatic rings. The number of carboxylic acids is 1. The van der Waals surface area contributed by atoms with Crippen molar-refractivity contribution < 1.29 is 43.3 Å². The van der Waals surface area contributed by atoms with E-state index in [0.717, 1.165) is 27.8 Å². The van der Waals surface area contributed by atoms with Crippen LogP contribution in [0.5, 0.6) is 5.75 Å². The summed E-state index contributed by atoms with van der Waals surface area (Å²) in [5.41, 5.74) is 5.21. The van der Waals surface area contributed by atoms with Gasteiger partial charge in [0, 0.05) is 18.8 Å². The van der Waals surface area contributed by atoms with E-state index in [9.17, 15) is 33.9 Å². The van der Waals surface area contributed by atoms with Crippen LogP contribution in [0.15, 0.2) is 103 Å². The fourth-order valence-electron chi connectivity index (χ4n) is 7.08. The number of benzene rings is 4. The first kappa shape index (κ1) is 45.4. The monoisotopic (exact) mass is 833 g/mol. The third-order valence-electron chi connectivity index (χ3n) is 9.86. The van der Waals surface area contributed by atoms with Crippen LogP contribution in [0.25, 0.3) is 11.1 Å². The molecule has 14 heteroatoms. The number of carbonyl (C=O) groups is 6. The predicted octanol–water partition coefficient (Wildman–Crippen LogP) is 4.89. The van der Waals surface area contributed by atoms with E-state index in [2.05, 4.69) is 26.6 Å². The Labute approximate surface area is 356 Å². The summed E-state index contributed by atoms with van der Waals surface area (Å²) in [5.74, 6) is -3.55. The van der Waals surface area contributed by atoms with Gasteiger partial charge in [0.25, 0.3) is 0 Å². The molecular formula is C47H55N5O9. The van der Waals surface area contributed by atoms with Crippen LogP contribution in [0.2, 0.25) is 0 Å². The number of hydrogen-bond acceptors (Lipinski definition) is 8. The maximum atomic E-state index is 13.6.